The van der Waals surface area contributed by atoms with Crippen LogP contribution in [0.5, 0.6) is 0 Å². The van der Waals surface area contributed by atoms with Crippen LogP contribution in [0.1, 0.15) is 32.8 Å². The number of pyridine rings is 1. The molecule has 0 saturated heterocycles. The third kappa shape index (κ3) is 2.75. The van der Waals surface area contributed by atoms with Crippen LogP contribution in [0.4, 0.5) is 0 Å². The van der Waals surface area contributed by atoms with Crippen molar-refractivity contribution in [2.75, 3.05) is 0 Å². The van der Waals surface area contributed by atoms with Crippen molar-refractivity contribution in [3.63, 3.8) is 0 Å². The summed E-state index contributed by atoms with van der Waals surface area (Å²) in [5.41, 5.74) is 9.26. The molecule has 0 saturated carbocycles. The fourth-order valence-corrected chi connectivity index (χ4v) is 5.12. The molecule has 0 spiro atoms. The Kier molecular flexibility index (Phi) is 3.39. The van der Waals surface area contributed by atoms with E-state index < -0.39 is 6.85 Å². The summed E-state index contributed by atoms with van der Waals surface area (Å²) in [4.78, 5) is 0. The Balaban J connectivity index is 1.72. The topological polar surface area (TPSA) is 17.0 Å². The maximum Gasteiger partial charge on any atom is 0.216 e. The standard InChI is InChI=1S/C29H26NO/c1-18-10-14-23-24-15-11-19(2)27(25-9-4-5-16-30(25)3)29(24)31-28(23)26(18)22-13-12-20-7-6-8-21(20)17-22/h4-5,9-17H,6-8H2,1-3H3/q+1/i1D3. The first-order chi connectivity index (χ1) is 16.3. The zero-order valence-electron chi connectivity index (χ0n) is 20.8. The van der Waals surface area contributed by atoms with Crippen molar-refractivity contribution in [2.24, 2.45) is 7.05 Å². The van der Waals surface area contributed by atoms with Gasteiger partial charge in [0.2, 0.25) is 5.69 Å². The molecule has 1 aliphatic carbocycles. The monoisotopic (exact) mass is 407 g/mol. The van der Waals surface area contributed by atoms with Crippen molar-refractivity contribution >= 4 is 21.9 Å². The molecular weight excluding hydrogens is 378 g/mol. The Labute approximate surface area is 187 Å². The van der Waals surface area contributed by atoms with Crippen molar-refractivity contribution in [3.8, 4) is 22.4 Å². The molecule has 0 N–H and O–H groups in total. The molecule has 0 atom stereocenters. The molecule has 31 heavy (non-hydrogen) atoms. The molecule has 2 heteroatoms. The van der Waals surface area contributed by atoms with E-state index in [4.69, 9.17) is 8.53 Å². The summed E-state index contributed by atoms with van der Waals surface area (Å²) in [5.74, 6) is 0. The number of nitrogens with zero attached hydrogens (tertiary/aromatic N) is 1. The second-order valence-electron chi connectivity index (χ2n) is 8.63. The zero-order valence-corrected chi connectivity index (χ0v) is 17.8. The normalized spacial score (nSPS) is 15.1. The number of hydrogen-bond acceptors (Lipinski definition) is 1. The van der Waals surface area contributed by atoms with E-state index >= 15 is 0 Å². The number of fused-ring (bicyclic) bond motifs is 4. The van der Waals surface area contributed by atoms with Gasteiger partial charge in [0.1, 0.15) is 18.2 Å². The summed E-state index contributed by atoms with van der Waals surface area (Å²) in [5, 5.41) is 1.94. The lowest BCUT2D eigenvalue weighted by Gasteiger charge is -2.09. The summed E-state index contributed by atoms with van der Waals surface area (Å²) < 4.78 is 33.5. The van der Waals surface area contributed by atoms with Crippen LogP contribution in [0.25, 0.3) is 44.3 Å². The van der Waals surface area contributed by atoms with Crippen molar-refractivity contribution < 1.29 is 13.1 Å². The second kappa shape index (κ2) is 6.81. The molecule has 2 heterocycles. The Bertz CT molecular complexity index is 1590. The molecule has 1 aliphatic rings. The molecule has 0 fully saturated rings. The second-order valence-corrected chi connectivity index (χ2v) is 8.63. The van der Waals surface area contributed by atoms with E-state index in [-0.39, 0.29) is 0 Å². The van der Waals surface area contributed by atoms with Gasteiger partial charge in [0.05, 0.1) is 5.56 Å². The average molecular weight is 408 g/mol. The molecule has 6 rings (SSSR count). The van der Waals surface area contributed by atoms with Gasteiger partial charge in [-0.15, -0.1) is 0 Å². The van der Waals surface area contributed by atoms with Gasteiger partial charge in [-0.3, -0.25) is 0 Å². The Morgan fingerprint density at radius 3 is 2.42 bits per heavy atom. The molecule has 3 aromatic carbocycles. The SMILES string of the molecule is [2H]C([2H])([2H])c1ccc2c(oc3c(-c4cccc[n+]4C)c(C)ccc32)c1-c1ccc2c(c1)CCC2. The highest BCUT2D eigenvalue weighted by Gasteiger charge is 2.22. The predicted molar refractivity (Wildman–Crippen MR) is 127 cm³/mol. The highest BCUT2D eigenvalue weighted by molar-refractivity contribution is 6.13. The van der Waals surface area contributed by atoms with Crippen molar-refractivity contribution in [3.05, 3.63) is 89.1 Å². The first-order valence-electron chi connectivity index (χ1n) is 12.4. The molecule has 0 radical (unpaired) electrons. The van der Waals surface area contributed by atoms with Crippen LogP contribution in [-0.4, -0.2) is 0 Å². The fraction of sp³-hybridized carbons (Fsp3) is 0.207. The summed E-state index contributed by atoms with van der Waals surface area (Å²) in [7, 11) is 2.03. The van der Waals surface area contributed by atoms with E-state index in [0.29, 0.717) is 16.7 Å². The maximum absolute atomic E-state index is 8.25. The fourth-order valence-electron chi connectivity index (χ4n) is 5.12. The minimum atomic E-state index is -2.24. The van der Waals surface area contributed by atoms with Gasteiger partial charge in [-0.25, -0.2) is 4.57 Å². The van der Waals surface area contributed by atoms with Gasteiger partial charge in [0.25, 0.3) is 0 Å². The molecule has 2 aromatic heterocycles. The van der Waals surface area contributed by atoms with Crippen LogP contribution in [0.3, 0.4) is 0 Å². The molecule has 0 aliphatic heterocycles. The molecular formula is C29H26NO+. The third-order valence-corrected chi connectivity index (χ3v) is 6.72. The lowest BCUT2D eigenvalue weighted by Crippen LogP contribution is -2.30. The van der Waals surface area contributed by atoms with E-state index in [2.05, 4.69) is 47.9 Å². The van der Waals surface area contributed by atoms with Gasteiger partial charge >= 0.3 is 0 Å². The molecule has 152 valence electrons. The van der Waals surface area contributed by atoms with E-state index in [1.54, 1.807) is 6.07 Å². The number of aromatic nitrogens is 1. The molecule has 0 amide bonds. The van der Waals surface area contributed by atoms with Gasteiger partial charge in [-0.2, -0.15) is 0 Å². The van der Waals surface area contributed by atoms with Gasteiger partial charge in [0.15, 0.2) is 6.20 Å². The average Bonchev–Trinajstić information content (AvgIpc) is 3.42. The van der Waals surface area contributed by atoms with E-state index in [1.807, 2.05) is 31.4 Å². The molecule has 0 unspecified atom stereocenters. The maximum atomic E-state index is 8.25. The summed E-state index contributed by atoms with van der Waals surface area (Å²) in [6, 6.07) is 20.4. The number of benzene rings is 3. The summed E-state index contributed by atoms with van der Waals surface area (Å²) in [6.45, 7) is -0.156. The van der Waals surface area contributed by atoms with Crippen LogP contribution in [-0.2, 0) is 19.9 Å². The molecule has 2 nitrogen and oxygen atoms in total. The van der Waals surface area contributed by atoms with Crippen LogP contribution in [0, 0.1) is 13.8 Å². The first-order valence-corrected chi connectivity index (χ1v) is 10.9. The Hall–Kier alpha value is -3.39. The highest BCUT2D eigenvalue weighted by atomic mass is 16.3. The van der Waals surface area contributed by atoms with Crippen molar-refractivity contribution in [2.45, 2.75) is 33.0 Å². The Morgan fingerprint density at radius 1 is 0.839 bits per heavy atom. The number of aryl methyl sites for hydroxylation is 5. The van der Waals surface area contributed by atoms with Crippen molar-refractivity contribution in [1.29, 1.82) is 0 Å². The number of rotatable bonds is 2. The summed E-state index contributed by atoms with van der Waals surface area (Å²) >= 11 is 0. The lowest BCUT2D eigenvalue weighted by molar-refractivity contribution is -0.660. The van der Waals surface area contributed by atoms with Gasteiger partial charge in [0, 0.05) is 32.6 Å². The molecule has 0 bridgehead atoms. The van der Waals surface area contributed by atoms with E-state index in [0.717, 1.165) is 58.0 Å². The van der Waals surface area contributed by atoms with Crippen LogP contribution in [0.2, 0.25) is 0 Å². The lowest BCUT2D eigenvalue weighted by atomic mass is 9.94. The van der Waals surface area contributed by atoms with Crippen LogP contribution in [0.15, 0.2) is 71.3 Å². The van der Waals surface area contributed by atoms with Crippen molar-refractivity contribution in [1.82, 2.24) is 0 Å². The quantitative estimate of drug-likeness (QED) is 0.292. The smallest absolute Gasteiger partial charge is 0.216 e. The van der Waals surface area contributed by atoms with Gasteiger partial charge in [-0.1, -0.05) is 42.5 Å². The first kappa shape index (κ1) is 15.4. The minimum Gasteiger partial charge on any atom is -0.454 e. The number of furan rings is 1. The van der Waals surface area contributed by atoms with Gasteiger partial charge in [-0.05, 0) is 66.9 Å². The highest BCUT2D eigenvalue weighted by Crippen LogP contribution is 2.42. The molecule has 5 aromatic rings. The van der Waals surface area contributed by atoms with Crippen LogP contribution >= 0.6 is 0 Å². The van der Waals surface area contributed by atoms with Crippen LogP contribution < -0.4 is 4.57 Å². The van der Waals surface area contributed by atoms with E-state index in [1.165, 1.54) is 11.1 Å². The summed E-state index contributed by atoms with van der Waals surface area (Å²) in [6.07, 6.45) is 5.30. The predicted octanol–water partition coefficient (Wildman–Crippen LogP) is 6.85. The minimum absolute atomic E-state index is 0.334. The zero-order chi connectivity index (χ0) is 23.6. The van der Waals surface area contributed by atoms with Gasteiger partial charge < -0.3 is 4.42 Å². The van der Waals surface area contributed by atoms with E-state index in [9.17, 15) is 0 Å². The third-order valence-electron chi connectivity index (χ3n) is 6.72. The number of hydrogen-bond donors (Lipinski definition) is 0. The largest absolute Gasteiger partial charge is 0.454 e. The Morgan fingerprint density at radius 2 is 1.61 bits per heavy atom.